The maximum absolute atomic E-state index is 10.3. The standard InChI is InChI=1S/C8H19N.C8H6O4/c1-2-3-4-5-6-7-8-9;9-7(10)5-1-2-6(4-3-5)8(11)12/h2-9H2,1H3;1-4H,(H,9,10)(H,11,12). The van der Waals surface area contributed by atoms with Gasteiger partial charge in [0.25, 0.3) is 0 Å². The first-order valence-corrected chi connectivity index (χ1v) is 7.29. The molecule has 0 spiro atoms. The molecule has 0 heterocycles. The highest BCUT2D eigenvalue weighted by Gasteiger charge is 2.04. The van der Waals surface area contributed by atoms with Crippen LogP contribution >= 0.6 is 0 Å². The van der Waals surface area contributed by atoms with Crippen LogP contribution in [0.5, 0.6) is 0 Å². The van der Waals surface area contributed by atoms with Crippen LogP contribution in [0.3, 0.4) is 0 Å². The van der Waals surface area contributed by atoms with E-state index >= 15 is 0 Å². The number of carboxylic acid groups (broad SMARTS) is 2. The summed E-state index contributed by atoms with van der Waals surface area (Å²) in [5.41, 5.74) is 5.51. The first kappa shape index (κ1) is 19.1. The minimum absolute atomic E-state index is 0.0833. The van der Waals surface area contributed by atoms with Crippen LogP contribution in [0.2, 0.25) is 0 Å². The number of aromatic carboxylic acids is 2. The minimum Gasteiger partial charge on any atom is -0.478 e. The SMILES string of the molecule is CCCCCCCCN.O=C(O)c1ccc(C(=O)O)cc1. The molecule has 21 heavy (non-hydrogen) atoms. The maximum Gasteiger partial charge on any atom is 0.335 e. The molecule has 5 heteroatoms. The van der Waals surface area contributed by atoms with Gasteiger partial charge in [0.2, 0.25) is 0 Å². The highest BCUT2D eigenvalue weighted by molar-refractivity contribution is 5.91. The average molecular weight is 295 g/mol. The number of rotatable bonds is 8. The Bertz CT molecular complexity index is 376. The summed E-state index contributed by atoms with van der Waals surface area (Å²) in [7, 11) is 0. The van der Waals surface area contributed by atoms with Gasteiger partial charge in [0.15, 0.2) is 0 Å². The van der Waals surface area contributed by atoms with Gasteiger partial charge in [0.1, 0.15) is 0 Å². The summed E-state index contributed by atoms with van der Waals surface area (Å²) in [6.07, 6.45) is 8.05. The normalized spacial score (nSPS) is 9.62. The van der Waals surface area contributed by atoms with Gasteiger partial charge in [-0.1, -0.05) is 39.0 Å². The molecule has 0 atom stereocenters. The molecule has 1 rings (SSSR count). The van der Waals surface area contributed by atoms with Crippen molar-refractivity contribution in [1.29, 1.82) is 0 Å². The molecule has 0 unspecified atom stereocenters. The van der Waals surface area contributed by atoms with Crippen LogP contribution in [0.25, 0.3) is 0 Å². The van der Waals surface area contributed by atoms with E-state index in [0.29, 0.717) is 0 Å². The van der Waals surface area contributed by atoms with Crippen molar-refractivity contribution >= 4 is 11.9 Å². The zero-order valence-corrected chi connectivity index (χ0v) is 12.5. The van der Waals surface area contributed by atoms with Crippen LogP contribution in [0, 0.1) is 0 Å². The molecule has 0 amide bonds. The van der Waals surface area contributed by atoms with Crippen molar-refractivity contribution in [3.8, 4) is 0 Å². The molecule has 0 bridgehead atoms. The minimum atomic E-state index is -1.06. The topological polar surface area (TPSA) is 101 Å². The molecule has 0 aliphatic heterocycles. The number of unbranched alkanes of at least 4 members (excludes halogenated alkanes) is 5. The van der Waals surface area contributed by atoms with E-state index in [0.717, 1.165) is 6.54 Å². The van der Waals surface area contributed by atoms with E-state index < -0.39 is 11.9 Å². The van der Waals surface area contributed by atoms with E-state index in [-0.39, 0.29) is 11.1 Å². The highest BCUT2D eigenvalue weighted by atomic mass is 16.4. The van der Waals surface area contributed by atoms with Crippen LogP contribution in [-0.2, 0) is 0 Å². The summed E-state index contributed by atoms with van der Waals surface area (Å²) in [6.45, 7) is 3.11. The van der Waals surface area contributed by atoms with Crippen LogP contribution in [0.1, 0.15) is 66.2 Å². The zero-order chi connectivity index (χ0) is 16.1. The third kappa shape index (κ3) is 9.62. The van der Waals surface area contributed by atoms with Gasteiger partial charge < -0.3 is 15.9 Å². The molecule has 4 N–H and O–H groups in total. The maximum atomic E-state index is 10.3. The summed E-state index contributed by atoms with van der Waals surface area (Å²) < 4.78 is 0. The largest absolute Gasteiger partial charge is 0.478 e. The van der Waals surface area contributed by atoms with E-state index in [1.165, 1.54) is 62.8 Å². The fourth-order valence-electron chi connectivity index (χ4n) is 1.68. The van der Waals surface area contributed by atoms with E-state index in [9.17, 15) is 9.59 Å². The fraction of sp³-hybridized carbons (Fsp3) is 0.500. The molecular formula is C16H25NO4. The van der Waals surface area contributed by atoms with Gasteiger partial charge in [-0.25, -0.2) is 9.59 Å². The molecule has 1 aromatic carbocycles. The average Bonchev–Trinajstić information content (AvgIpc) is 2.48. The van der Waals surface area contributed by atoms with Crippen LogP contribution in [-0.4, -0.2) is 28.7 Å². The number of carboxylic acids is 2. The Labute approximate surface area is 125 Å². The molecule has 0 fully saturated rings. The second-order valence-corrected chi connectivity index (χ2v) is 4.74. The number of carbonyl (C=O) groups is 2. The van der Waals surface area contributed by atoms with Gasteiger partial charge >= 0.3 is 11.9 Å². The van der Waals surface area contributed by atoms with Crippen molar-refractivity contribution in [2.45, 2.75) is 45.4 Å². The highest BCUT2D eigenvalue weighted by Crippen LogP contribution is 2.04. The predicted octanol–water partition coefficient (Wildman–Crippen LogP) is 3.39. The van der Waals surface area contributed by atoms with Gasteiger partial charge in [0.05, 0.1) is 11.1 Å². The van der Waals surface area contributed by atoms with Crippen molar-refractivity contribution in [3.05, 3.63) is 35.4 Å². The lowest BCUT2D eigenvalue weighted by atomic mass is 10.1. The lowest BCUT2D eigenvalue weighted by Crippen LogP contribution is -1.99. The fourth-order valence-corrected chi connectivity index (χ4v) is 1.68. The third-order valence-corrected chi connectivity index (χ3v) is 2.94. The first-order chi connectivity index (χ1) is 10.0. The molecule has 0 saturated carbocycles. The number of hydrogen-bond donors (Lipinski definition) is 3. The molecule has 0 aromatic heterocycles. The summed E-state index contributed by atoms with van der Waals surface area (Å²) >= 11 is 0. The van der Waals surface area contributed by atoms with Crippen molar-refractivity contribution in [2.24, 2.45) is 5.73 Å². The predicted molar refractivity (Wildman–Crippen MR) is 82.8 cm³/mol. The summed E-state index contributed by atoms with van der Waals surface area (Å²) in [4.78, 5) is 20.7. The molecule has 0 aliphatic carbocycles. The van der Waals surface area contributed by atoms with E-state index in [1.54, 1.807) is 0 Å². The van der Waals surface area contributed by atoms with Crippen LogP contribution in [0.4, 0.5) is 0 Å². The van der Waals surface area contributed by atoms with Gasteiger partial charge in [-0.15, -0.1) is 0 Å². The Hall–Kier alpha value is -1.88. The smallest absolute Gasteiger partial charge is 0.335 e. The molecule has 0 radical (unpaired) electrons. The first-order valence-electron chi connectivity index (χ1n) is 7.29. The van der Waals surface area contributed by atoms with Crippen LogP contribution < -0.4 is 5.73 Å². The lowest BCUT2D eigenvalue weighted by Gasteiger charge is -1.96. The molecule has 1 aromatic rings. The van der Waals surface area contributed by atoms with Gasteiger partial charge in [-0.2, -0.15) is 0 Å². The Kier molecular flexibility index (Phi) is 10.8. The van der Waals surface area contributed by atoms with Gasteiger partial charge in [-0.05, 0) is 37.2 Å². The quantitative estimate of drug-likeness (QED) is 0.638. The van der Waals surface area contributed by atoms with Gasteiger partial charge in [-0.3, -0.25) is 0 Å². The molecular weight excluding hydrogens is 270 g/mol. The van der Waals surface area contributed by atoms with Crippen molar-refractivity contribution < 1.29 is 19.8 Å². The number of benzene rings is 1. The van der Waals surface area contributed by atoms with Gasteiger partial charge in [0, 0.05) is 0 Å². The Balaban J connectivity index is 0.000000400. The van der Waals surface area contributed by atoms with E-state index in [1.807, 2.05) is 0 Å². The number of nitrogens with two attached hydrogens (primary N) is 1. The summed E-state index contributed by atoms with van der Waals surface area (Å²) in [5, 5.41) is 16.9. The van der Waals surface area contributed by atoms with Crippen molar-refractivity contribution in [1.82, 2.24) is 0 Å². The monoisotopic (exact) mass is 295 g/mol. The zero-order valence-electron chi connectivity index (χ0n) is 12.5. The van der Waals surface area contributed by atoms with Crippen molar-refractivity contribution in [2.75, 3.05) is 6.54 Å². The number of hydrogen-bond acceptors (Lipinski definition) is 3. The molecule has 0 saturated heterocycles. The lowest BCUT2D eigenvalue weighted by molar-refractivity contribution is 0.0681. The second-order valence-electron chi connectivity index (χ2n) is 4.74. The summed E-state index contributed by atoms with van der Waals surface area (Å²) in [6, 6.07) is 5.02. The summed E-state index contributed by atoms with van der Waals surface area (Å²) in [5.74, 6) is -2.13. The Morgan fingerprint density at radius 1 is 0.857 bits per heavy atom. The second kappa shape index (κ2) is 11.9. The molecule has 118 valence electrons. The third-order valence-electron chi connectivity index (χ3n) is 2.94. The Morgan fingerprint density at radius 3 is 1.57 bits per heavy atom. The molecule has 5 nitrogen and oxygen atoms in total. The van der Waals surface area contributed by atoms with Crippen LogP contribution in [0.15, 0.2) is 24.3 Å². The Morgan fingerprint density at radius 2 is 1.24 bits per heavy atom. The molecule has 0 aliphatic rings. The van der Waals surface area contributed by atoms with Crippen molar-refractivity contribution in [3.63, 3.8) is 0 Å². The van der Waals surface area contributed by atoms with E-state index in [4.69, 9.17) is 15.9 Å². The van der Waals surface area contributed by atoms with E-state index in [2.05, 4.69) is 6.92 Å².